The zero-order valence-corrected chi connectivity index (χ0v) is 32.8. The lowest BCUT2D eigenvalue weighted by molar-refractivity contribution is -0.967. The van der Waals surface area contributed by atoms with Gasteiger partial charge in [0.15, 0.2) is 0 Å². The summed E-state index contributed by atoms with van der Waals surface area (Å²) in [5, 5.41) is 0. The molecule has 0 radical (unpaired) electrons. The number of hydrogen-bond acceptors (Lipinski definition) is 0. The predicted molar refractivity (Wildman–Crippen MR) is 160 cm³/mol. The van der Waals surface area contributed by atoms with E-state index in [1.807, 2.05) is 0 Å². The molecule has 0 aromatic rings. The van der Waals surface area contributed by atoms with Crippen LogP contribution in [-0.4, -0.2) is 95.0 Å². The molecule has 0 aromatic heterocycles. The highest BCUT2D eigenvalue weighted by Gasteiger charge is 2.26. The van der Waals surface area contributed by atoms with Crippen molar-refractivity contribution in [3.05, 3.63) is 0 Å². The van der Waals surface area contributed by atoms with E-state index in [0.29, 0.717) is 0 Å². The third-order valence-electron chi connectivity index (χ3n) is 8.36. The van der Waals surface area contributed by atoms with Gasteiger partial charge in [0, 0.05) is 0 Å². The van der Waals surface area contributed by atoms with Gasteiger partial charge in [-0.25, -0.2) is 0 Å². The lowest BCUT2D eigenvalue weighted by atomic mass is 10.1. The number of unbranched alkanes of at least 4 members (excludes halogenated alkanes) is 16. The van der Waals surface area contributed by atoms with Crippen LogP contribution in [0.5, 0.6) is 0 Å². The molecule has 0 fully saturated rings. The molecule has 0 unspecified atom stereocenters. The average Bonchev–Trinajstić information content (AvgIpc) is 2.80. The molecule has 0 atom stereocenters. The second-order valence-electron chi connectivity index (χ2n) is 13.8. The fourth-order valence-corrected chi connectivity index (χ4v) is 5.12. The van der Waals surface area contributed by atoms with Crippen LogP contribution in [0, 0.1) is 0 Å². The molecule has 0 aliphatic heterocycles. The Morgan fingerprint density at radius 3 is 0.711 bits per heavy atom. The number of rotatable bonds is 26. The topological polar surface area (TPSA) is 0 Å². The normalized spacial score (nSPS) is 12.0. The van der Waals surface area contributed by atoms with E-state index in [0.717, 1.165) is 0 Å². The molecule has 6 heteroatoms. The first-order valence-corrected chi connectivity index (χ1v) is 16.0. The Kier molecular flexibility index (Phi) is 35.1. The Balaban J connectivity index is -0.00000193. The first-order valence-electron chi connectivity index (χ1n) is 16.0. The number of halogens is 3. The van der Waals surface area contributed by atoms with Crippen molar-refractivity contribution in [2.75, 3.05) is 81.6 Å². The molecule has 3 nitrogen and oxygen atoms in total. The Bertz CT molecular complexity index is 434. The van der Waals surface area contributed by atoms with E-state index in [1.165, 1.54) is 168 Å². The van der Waals surface area contributed by atoms with Gasteiger partial charge in [-0.3, -0.25) is 0 Å². The smallest absolute Gasteiger partial charge is 0.128 e. The Labute approximate surface area is 280 Å². The van der Waals surface area contributed by atoms with Crippen LogP contribution in [0.15, 0.2) is 0 Å². The molecule has 0 saturated heterocycles. The van der Waals surface area contributed by atoms with Gasteiger partial charge in [-0.1, -0.05) is 104 Å². The molecule has 0 rings (SSSR count). The number of hydrogen-bond donors (Lipinski definition) is 0. The molecule has 0 spiro atoms. The van der Waals surface area contributed by atoms with Crippen LogP contribution in [0.4, 0.5) is 0 Å². The average molecular weight is 786 g/mol. The molecule has 38 heavy (non-hydrogen) atoms. The molecule has 0 N–H and O–H groups in total. The van der Waals surface area contributed by atoms with Crippen molar-refractivity contribution in [2.45, 2.75) is 129 Å². The van der Waals surface area contributed by atoms with Gasteiger partial charge in [0.1, 0.15) is 26.2 Å². The highest BCUT2D eigenvalue weighted by atomic mass is 127. The van der Waals surface area contributed by atoms with Gasteiger partial charge in [0.2, 0.25) is 0 Å². The standard InChI is InChI=1S/C32H72N3.2BrH.HI/c1-9-11-13-15-17-19-21-23-25-27-33(3,4)29-31-35(7,8)32-30-34(5,6)28-26-24-22-20-18-16-14-12-10-2;;;/h9-32H2,1-8H3;3*1H/q+3;;;/p-3. The minimum Gasteiger partial charge on any atom is -1.00 e. The monoisotopic (exact) mass is 783 g/mol. The van der Waals surface area contributed by atoms with Gasteiger partial charge in [-0.15, -0.1) is 0 Å². The van der Waals surface area contributed by atoms with E-state index < -0.39 is 0 Å². The first-order chi connectivity index (χ1) is 16.5. The molecule has 0 aliphatic carbocycles. The summed E-state index contributed by atoms with van der Waals surface area (Å²) in [6.07, 6.45) is 25.7. The van der Waals surface area contributed by atoms with Crippen LogP contribution in [0.2, 0.25) is 0 Å². The maximum absolute atomic E-state index is 2.46. The summed E-state index contributed by atoms with van der Waals surface area (Å²) < 4.78 is 3.54. The summed E-state index contributed by atoms with van der Waals surface area (Å²) in [6.45, 7) is 12.5. The maximum atomic E-state index is 2.46. The molecular weight excluding hydrogens is 713 g/mol. The van der Waals surface area contributed by atoms with E-state index in [1.54, 1.807) is 0 Å². The molecule has 0 aliphatic rings. The fraction of sp³-hybridized carbons (Fsp3) is 1.00. The quantitative estimate of drug-likeness (QED) is 0.0619. The third-order valence-corrected chi connectivity index (χ3v) is 8.36. The van der Waals surface area contributed by atoms with Crippen molar-refractivity contribution in [1.82, 2.24) is 0 Å². The van der Waals surface area contributed by atoms with Crippen molar-refractivity contribution in [2.24, 2.45) is 0 Å². The second kappa shape index (κ2) is 28.7. The Hall–Kier alpha value is 1.57. The summed E-state index contributed by atoms with van der Waals surface area (Å²) in [7, 11) is 14.7. The largest absolute Gasteiger partial charge is 1.00 e. The number of quaternary nitrogens is 3. The van der Waals surface area contributed by atoms with Gasteiger partial charge in [-0.05, 0) is 25.7 Å². The van der Waals surface area contributed by atoms with Crippen molar-refractivity contribution >= 4 is 0 Å². The van der Waals surface area contributed by atoms with E-state index in [-0.39, 0.29) is 57.9 Å². The summed E-state index contributed by atoms with van der Waals surface area (Å²) in [5.74, 6) is 0. The van der Waals surface area contributed by atoms with E-state index in [2.05, 4.69) is 56.1 Å². The molecular formula is C32H72Br2IN3. The maximum Gasteiger partial charge on any atom is 0.128 e. The zero-order valence-electron chi connectivity index (χ0n) is 27.4. The van der Waals surface area contributed by atoms with Crippen LogP contribution >= 0.6 is 0 Å². The van der Waals surface area contributed by atoms with E-state index >= 15 is 0 Å². The van der Waals surface area contributed by atoms with Crippen molar-refractivity contribution in [3.63, 3.8) is 0 Å². The van der Waals surface area contributed by atoms with Gasteiger partial charge < -0.3 is 71.4 Å². The summed E-state index contributed by atoms with van der Waals surface area (Å²) >= 11 is 0. The molecule has 0 bridgehead atoms. The highest BCUT2D eigenvalue weighted by molar-refractivity contribution is 4.49. The number of nitrogens with zero attached hydrogens (tertiary/aromatic N) is 3. The van der Waals surface area contributed by atoms with Crippen molar-refractivity contribution in [3.8, 4) is 0 Å². The summed E-state index contributed by atoms with van der Waals surface area (Å²) in [6, 6.07) is 0. The predicted octanol–water partition coefficient (Wildman–Crippen LogP) is -0.711. The third kappa shape index (κ3) is 32.1. The summed E-state index contributed by atoms with van der Waals surface area (Å²) in [5.41, 5.74) is 0. The zero-order chi connectivity index (χ0) is 26.5. The van der Waals surface area contributed by atoms with Crippen LogP contribution in [-0.2, 0) is 0 Å². The highest BCUT2D eigenvalue weighted by Crippen LogP contribution is 2.13. The molecule has 0 aromatic carbocycles. The SMILES string of the molecule is CCCCCCCCCCC[N+](C)(C)CC[N+](C)(C)CC[N+](C)(C)CCCCCCCCCCC.[Br-].[Br-].[I-]. The van der Waals surface area contributed by atoms with Crippen LogP contribution < -0.4 is 57.9 Å². The second-order valence-corrected chi connectivity index (χ2v) is 13.8. The van der Waals surface area contributed by atoms with Gasteiger partial charge in [-0.2, -0.15) is 0 Å². The van der Waals surface area contributed by atoms with Crippen molar-refractivity contribution in [1.29, 1.82) is 0 Å². The molecule has 236 valence electrons. The van der Waals surface area contributed by atoms with Crippen LogP contribution in [0.25, 0.3) is 0 Å². The molecule has 0 amide bonds. The van der Waals surface area contributed by atoms with Gasteiger partial charge >= 0.3 is 0 Å². The van der Waals surface area contributed by atoms with E-state index in [9.17, 15) is 0 Å². The van der Waals surface area contributed by atoms with E-state index in [4.69, 9.17) is 0 Å². The molecule has 0 heterocycles. The Morgan fingerprint density at radius 2 is 0.474 bits per heavy atom. The lowest BCUT2D eigenvalue weighted by Crippen LogP contribution is -3.00. The summed E-state index contributed by atoms with van der Waals surface area (Å²) in [4.78, 5) is 0. The minimum absolute atomic E-state index is 0. The minimum atomic E-state index is 0. The van der Waals surface area contributed by atoms with Gasteiger partial charge in [0.25, 0.3) is 0 Å². The fourth-order valence-electron chi connectivity index (χ4n) is 5.12. The van der Waals surface area contributed by atoms with Crippen LogP contribution in [0.1, 0.15) is 129 Å². The Morgan fingerprint density at radius 1 is 0.289 bits per heavy atom. The van der Waals surface area contributed by atoms with Crippen LogP contribution in [0.3, 0.4) is 0 Å². The molecule has 0 saturated carbocycles. The van der Waals surface area contributed by atoms with Crippen molar-refractivity contribution < 1.29 is 71.4 Å². The van der Waals surface area contributed by atoms with Gasteiger partial charge in [0.05, 0.1) is 55.4 Å². The number of likely N-dealkylation sites (N-methyl/N-ethyl adjacent to an activating group) is 3. The lowest BCUT2D eigenvalue weighted by Gasteiger charge is -2.38. The first kappa shape index (κ1) is 46.5.